The smallest absolute Gasteiger partial charge is 0.257 e. The van der Waals surface area contributed by atoms with Crippen LogP contribution < -0.4 is 10.1 Å². The number of nitrogens with one attached hydrogen (secondary N) is 1. The van der Waals surface area contributed by atoms with Crippen LogP contribution >= 0.6 is 23.2 Å². The van der Waals surface area contributed by atoms with Gasteiger partial charge in [-0.1, -0.05) is 53.9 Å². The van der Waals surface area contributed by atoms with Gasteiger partial charge in [0.05, 0.1) is 11.0 Å². The van der Waals surface area contributed by atoms with Crippen molar-refractivity contribution in [2.24, 2.45) is 0 Å². The van der Waals surface area contributed by atoms with Gasteiger partial charge in [0.25, 0.3) is 5.91 Å². The van der Waals surface area contributed by atoms with E-state index < -0.39 is 0 Å². The van der Waals surface area contributed by atoms with Crippen molar-refractivity contribution in [1.82, 2.24) is 14.9 Å². The first-order valence-electron chi connectivity index (χ1n) is 11.4. The lowest BCUT2D eigenvalue weighted by Gasteiger charge is -2.10. The summed E-state index contributed by atoms with van der Waals surface area (Å²) in [5, 5.41) is 4.29. The zero-order valence-electron chi connectivity index (χ0n) is 18.8. The van der Waals surface area contributed by atoms with Gasteiger partial charge in [-0.05, 0) is 66.9 Å². The van der Waals surface area contributed by atoms with E-state index in [1.165, 1.54) is 5.56 Å². The van der Waals surface area contributed by atoms with Crippen molar-refractivity contribution in [2.75, 3.05) is 13.2 Å². The Bertz CT molecular complexity index is 1220. The maximum atomic E-state index is 12.0. The molecule has 0 spiro atoms. The zero-order chi connectivity index (χ0) is 23.8. The molecule has 0 radical (unpaired) electrons. The SMILES string of the molecule is O=C(COc1ccc(Cl)cc1)NCCCCCc1nc2ccccc2n1Cc1ccc(Cl)cc1. The van der Waals surface area contributed by atoms with Crippen molar-refractivity contribution in [3.05, 3.63) is 94.2 Å². The average molecular weight is 496 g/mol. The molecule has 1 heterocycles. The summed E-state index contributed by atoms with van der Waals surface area (Å²) in [6, 6.07) is 23.1. The number of para-hydroxylation sites is 2. The zero-order valence-corrected chi connectivity index (χ0v) is 20.4. The standard InChI is InChI=1S/C27H27Cl2N3O2/c28-21-11-9-20(10-12-21)18-32-25-7-4-3-6-24(25)31-26(32)8-2-1-5-17-30-27(33)19-34-23-15-13-22(29)14-16-23/h3-4,6-7,9-16H,1-2,5,8,17-19H2,(H,30,33). The molecule has 0 bridgehead atoms. The molecule has 4 rings (SSSR count). The molecule has 5 nitrogen and oxygen atoms in total. The molecule has 1 N–H and O–H groups in total. The molecule has 7 heteroatoms. The number of nitrogens with zero attached hydrogens (tertiary/aromatic N) is 2. The molecule has 0 saturated heterocycles. The van der Waals surface area contributed by atoms with Crippen LogP contribution in [0, 0.1) is 0 Å². The minimum Gasteiger partial charge on any atom is -0.484 e. The van der Waals surface area contributed by atoms with Gasteiger partial charge in [-0.3, -0.25) is 4.79 Å². The summed E-state index contributed by atoms with van der Waals surface area (Å²) in [4.78, 5) is 16.9. The number of unbranched alkanes of at least 4 members (excludes halogenated alkanes) is 2. The van der Waals surface area contributed by atoms with Crippen LogP contribution in [0.2, 0.25) is 10.0 Å². The Labute approximate surface area is 209 Å². The number of hydrogen-bond acceptors (Lipinski definition) is 3. The molecular formula is C27H27Cl2N3O2. The highest BCUT2D eigenvalue weighted by atomic mass is 35.5. The third kappa shape index (κ3) is 6.75. The summed E-state index contributed by atoms with van der Waals surface area (Å²) in [5.74, 6) is 1.58. The van der Waals surface area contributed by atoms with Gasteiger partial charge in [-0.15, -0.1) is 0 Å². The van der Waals surface area contributed by atoms with E-state index in [2.05, 4.69) is 34.1 Å². The topological polar surface area (TPSA) is 56.1 Å². The third-order valence-corrected chi connectivity index (χ3v) is 6.07. The van der Waals surface area contributed by atoms with E-state index in [4.69, 9.17) is 32.9 Å². The molecule has 0 unspecified atom stereocenters. The number of halogens is 2. The van der Waals surface area contributed by atoms with Crippen LogP contribution in [-0.2, 0) is 17.8 Å². The number of aryl methyl sites for hydroxylation is 1. The van der Waals surface area contributed by atoms with Crippen LogP contribution in [0.3, 0.4) is 0 Å². The van der Waals surface area contributed by atoms with Gasteiger partial charge in [0, 0.05) is 29.6 Å². The van der Waals surface area contributed by atoms with E-state index >= 15 is 0 Å². The lowest BCUT2D eigenvalue weighted by Crippen LogP contribution is -2.29. The number of benzene rings is 3. The third-order valence-electron chi connectivity index (χ3n) is 5.57. The lowest BCUT2D eigenvalue weighted by molar-refractivity contribution is -0.123. The first-order valence-corrected chi connectivity index (χ1v) is 12.2. The Kier molecular flexibility index (Phi) is 8.45. The number of imidazole rings is 1. The monoisotopic (exact) mass is 495 g/mol. The molecule has 0 aliphatic heterocycles. The van der Waals surface area contributed by atoms with Gasteiger partial charge in [0.2, 0.25) is 0 Å². The van der Waals surface area contributed by atoms with Crippen molar-refractivity contribution < 1.29 is 9.53 Å². The van der Waals surface area contributed by atoms with E-state index in [1.807, 2.05) is 24.3 Å². The van der Waals surface area contributed by atoms with Crippen LogP contribution in [-0.4, -0.2) is 28.6 Å². The normalized spacial score (nSPS) is 11.0. The maximum Gasteiger partial charge on any atom is 0.257 e. The highest BCUT2D eigenvalue weighted by Crippen LogP contribution is 2.20. The molecule has 0 fully saturated rings. The van der Waals surface area contributed by atoms with Crippen LogP contribution in [0.1, 0.15) is 30.7 Å². The Hall–Kier alpha value is -3.02. The predicted molar refractivity (Wildman–Crippen MR) is 138 cm³/mol. The van der Waals surface area contributed by atoms with Crippen LogP contribution in [0.5, 0.6) is 5.75 Å². The van der Waals surface area contributed by atoms with Crippen molar-refractivity contribution in [1.29, 1.82) is 0 Å². The summed E-state index contributed by atoms with van der Waals surface area (Å²) in [6.07, 6.45) is 3.80. The summed E-state index contributed by atoms with van der Waals surface area (Å²) >= 11 is 11.9. The highest BCUT2D eigenvalue weighted by molar-refractivity contribution is 6.30. The molecular weight excluding hydrogens is 469 g/mol. The van der Waals surface area contributed by atoms with Gasteiger partial charge >= 0.3 is 0 Å². The van der Waals surface area contributed by atoms with Crippen LogP contribution in [0.25, 0.3) is 11.0 Å². The Morgan fingerprint density at radius 2 is 1.59 bits per heavy atom. The molecule has 0 aliphatic rings. The van der Waals surface area contributed by atoms with E-state index in [9.17, 15) is 4.79 Å². The Balaban J connectivity index is 1.23. The fourth-order valence-corrected chi connectivity index (χ4v) is 4.06. The summed E-state index contributed by atoms with van der Waals surface area (Å²) < 4.78 is 7.75. The fourth-order valence-electron chi connectivity index (χ4n) is 3.81. The second-order valence-electron chi connectivity index (χ2n) is 8.13. The molecule has 4 aromatic rings. The molecule has 3 aromatic carbocycles. The van der Waals surface area contributed by atoms with Gasteiger partial charge in [-0.25, -0.2) is 4.98 Å². The molecule has 176 valence electrons. The molecule has 0 aliphatic carbocycles. The van der Waals surface area contributed by atoms with E-state index in [-0.39, 0.29) is 12.5 Å². The maximum absolute atomic E-state index is 12.0. The average Bonchev–Trinajstić information content (AvgIpc) is 3.19. The van der Waals surface area contributed by atoms with Crippen molar-refractivity contribution in [2.45, 2.75) is 32.2 Å². The van der Waals surface area contributed by atoms with Gasteiger partial charge in [0.1, 0.15) is 11.6 Å². The molecule has 0 saturated carbocycles. The number of fused-ring (bicyclic) bond motifs is 1. The second-order valence-corrected chi connectivity index (χ2v) is 9.01. The number of hydrogen-bond donors (Lipinski definition) is 1. The molecule has 34 heavy (non-hydrogen) atoms. The number of carbonyl (C=O) groups excluding carboxylic acids is 1. The predicted octanol–water partition coefficient (Wildman–Crippen LogP) is 6.30. The minimum absolute atomic E-state index is 0.00362. The number of amides is 1. The molecule has 1 amide bonds. The van der Waals surface area contributed by atoms with Crippen molar-refractivity contribution >= 4 is 40.1 Å². The summed E-state index contributed by atoms with van der Waals surface area (Å²) in [7, 11) is 0. The summed E-state index contributed by atoms with van der Waals surface area (Å²) in [6.45, 7) is 1.39. The van der Waals surface area contributed by atoms with E-state index in [0.29, 0.717) is 17.3 Å². The number of carbonyl (C=O) groups is 1. The Morgan fingerprint density at radius 1 is 0.882 bits per heavy atom. The molecule has 0 atom stereocenters. The Morgan fingerprint density at radius 3 is 2.35 bits per heavy atom. The fraction of sp³-hybridized carbons (Fsp3) is 0.259. The lowest BCUT2D eigenvalue weighted by atomic mass is 10.1. The van der Waals surface area contributed by atoms with E-state index in [0.717, 1.165) is 54.1 Å². The summed E-state index contributed by atoms with van der Waals surface area (Å²) in [5.41, 5.74) is 3.34. The van der Waals surface area contributed by atoms with Crippen molar-refractivity contribution in [3.63, 3.8) is 0 Å². The number of ether oxygens (including phenoxy) is 1. The van der Waals surface area contributed by atoms with Crippen LogP contribution in [0.4, 0.5) is 0 Å². The van der Waals surface area contributed by atoms with Crippen LogP contribution in [0.15, 0.2) is 72.8 Å². The van der Waals surface area contributed by atoms with Gasteiger partial charge in [0.15, 0.2) is 6.61 Å². The minimum atomic E-state index is -0.125. The number of aromatic nitrogens is 2. The largest absolute Gasteiger partial charge is 0.484 e. The first-order chi connectivity index (χ1) is 16.6. The van der Waals surface area contributed by atoms with Gasteiger partial charge in [-0.2, -0.15) is 0 Å². The van der Waals surface area contributed by atoms with Crippen molar-refractivity contribution in [3.8, 4) is 5.75 Å². The number of rotatable bonds is 11. The second kappa shape index (κ2) is 11.9. The first kappa shape index (κ1) is 24.1. The highest BCUT2D eigenvalue weighted by Gasteiger charge is 2.11. The van der Waals surface area contributed by atoms with Gasteiger partial charge < -0.3 is 14.6 Å². The van der Waals surface area contributed by atoms with E-state index in [1.54, 1.807) is 24.3 Å². The molecule has 1 aromatic heterocycles. The quantitative estimate of drug-likeness (QED) is 0.248.